The first kappa shape index (κ1) is 18.4. The van der Waals surface area contributed by atoms with Crippen LogP contribution in [0.15, 0.2) is 61.2 Å². The van der Waals surface area contributed by atoms with Crippen LogP contribution < -0.4 is 0 Å². The highest BCUT2D eigenvalue weighted by Gasteiger charge is 2.06. The van der Waals surface area contributed by atoms with Gasteiger partial charge in [0.05, 0.1) is 6.33 Å². The van der Waals surface area contributed by atoms with Gasteiger partial charge in [0, 0.05) is 34.7 Å². The van der Waals surface area contributed by atoms with Crippen LogP contribution >= 0.6 is 35.0 Å². The smallest absolute Gasteiger partial charge is 0.0945 e. The molecule has 2 nitrogen and oxygen atoms in total. The minimum atomic E-state index is 0.602. The molecule has 0 saturated carbocycles. The van der Waals surface area contributed by atoms with E-state index in [1.807, 2.05) is 42.6 Å². The highest BCUT2D eigenvalue weighted by Crippen LogP contribution is 2.25. The summed E-state index contributed by atoms with van der Waals surface area (Å²) in [5.41, 5.74) is 1.14. The normalized spacial score (nSPS) is 12.3. The van der Waals surface area contributed by atoms with E-state index in [2.05, 4.69) is 40.7 Å². The zero-order valence-electron chi connectivity index (χ0n) is 14.0. The monoisotopic (exact) mass is 390 g/mol. The van der Waals surface area contributed by atoms with Crippen molar-refractivity contribution in [3.63, 3.8) is 0 Å². The quantitative estimate of drug-likeness (QED) is 0.398. The van der Waals surface area contributed by atoms with E-state index in [0.717, 1.165) is 28.6 Å². The number of halogens is 2. The second-order valence-corrected chi connectivity index (χ2v) is 8.07. The maximum atomic E-state index is 6.15. The van der Waals surface area contributed by atoms with Crippen LogP contribution in [-0.4, -0.2) is 15.3 Å². The van der Waals surface area contributed by atoms with E-state index >= 15 is 0 Å². The summed E-state index contributed by atoms with van der Waals surface area (Å²) in [5, 5.41) is 4.29. The number of aromatic nitrogens is 2. The molecule has 1 atom stereocenters. The molecule has 4 rings (SSSR count). The van der Waals surface area contributed by atoms with E-state index in [-0.39, 0.29) is 0 Å². The largest absolute Gasteiger partial charge is 0.337 e. The van der Waals surface area contributed by atoms with Gasteiger partial charge < -0.3 is 4.57 Å². The predicted octanol–water partition coefficient (Wildman–Crippen LogP) is 6.05. The topological polar surface area (TPSA) is 17.8 Å². The van der Waals surface area contributed by atoms with Crippen LogP contribution in [0.4, 0.5) is 0 Å². The molecule has 0 aliphatic heterocycles. The molecular formula is C20H20Cl2N2S. The average molecular weight is 391 g/mol. The van der Waals surface area contributed by atoms with Crippen molar-refractivity contribution < 1.29 is 0 Å². The van der Waals surface area contributed by atoms with Crippen LogP contribution in [0, 0.1) is 16.4 Å². The molecule has 0 bridgehead atoms. The average Bonchev–Trinajstić information content (AvgIpc) is 3.06. The lowest BCUT2D eigenvalue weighted by Gasteiger charge is -2.12. The number of hydrogen-bond donors (Lipinski definition) is 0. The summed E-state index contributed by atoms with van der Waals surface area (Å²) in [4.78, 5) is 4.05. The Kier molecular flexibility index (Phi) is 6.46. The molecule has 0 spiro atoms. The van der Waals surface area contributed by atoms with E-state index in [1.165, 1.54) is 10.4 Å². The van der Waals surface area contributed by atoms with Gasteiger partial charge in [0.25, 0.3) is 0 Å². The van der Waals surface area contributed by atoms with Crippen LogP contribution in [0.25, 0.3) is 0 Å². The first-order chi connectivity index (χ1) is 12.1. The number of nitrogens with zero attached hydrogens (tertiary/aromatic N) is 2. The number of benzene rings is 2. The lowest BCUT2D eigenvalue weighted by atomic mass is 10.1. The Bertz CT molecular complexity index is 859. The molecule has 2 aromatic rings. The van der Waals surface area contributed by atoms with E-state index in [0.29, 0.717) is 10.9 Å². The second-order valence-electron chi connectivity index (χ2n) is 6.19. The first-order valence-electron chi connectivity index (χ1n) is 8.19. The van der Waals surface area contributed by atoms with Crippen LogP contribution in [-0.2, 0) is 12.3 Å². The number of imidazole rings is 1. The molecular weight excluding hydrogens is 371 g/mol. The SMILES string of the molecule is CC(CSCc1ccc(Cl)cc1Cl)Cn1ccnc1.c1cc2ccc1=2. The lowest BCUT2D eigenvalue weighted by Crippen LogP contribution is -2.08. The molecule has 0 radical (unpaired) electrons. The zero-order chi connectivity index (χ0) is 17.6. The van der Waals surface area contributed by atoms with E-state index < -0.39 is 0 Å². The van der Waals surface area contributed by atoms with Gasteiger partial charge in [-0.05, 0) is 39.8 Å². The fourth-order valence-corrected chi connectivity index (χ4v) is 4.13. The van der Waals surface area contributed by atoms with Crippen molar-refractivity contribution in [3.05, 3.63) is 87.2 Å². The molecule has 130 valence electrons. The summed E-state index contributed by atoms with van der Waals surface area (Å²) in [6, 6.07) is 14.2. The fourth-order valence-electron chi connectivity index (χ4n) is 2.48. The molecule has 2 aliphatic rings. The third kappa shape index (κ3) is 5.27. The Morgan fingerprint density at radius 1 is 1.08 bits per heavy atom. The summed E-state index contributed by atoms with van der Waals surface area (Å²) in [6.45, 7) is 3.25. The maximum Gasteiger partial charge on any atom is 0.0945 e. The third-order valence-electron chi connectivity index (χ3n) is 3.97. The molecule has 2 aliphatic carbocycles. The molecule has 5 heteroatoms. The fraction of sp³-hybridized carbons (Fsp3) is 0.250. The maximum absolute atomic E-state index is 6.15. The minimum Gasteiger partial charge on any atom is -0.337 e. The van der Waals surface area contributed by atoms with Crippen LogP contribution in [0.1, 0.15) is 12.5 Å². The standard InChI is InChI=1S/C14H16Cl2N2S.C6H4/c1-11(7-18-5-4-17-10-18)8-19-9-12-2-3-13(15)6-14(12)16;1-2-6-4-3-5(1)6/h2-6,10-11H,7-9H2,1H3;1-4H. The lowest BCUT2D eigenvalue weighted by molar-refractivity contribution is 0.530. The molecule has 0 fully saturated rings. The van der Waals surface area contributed by atoms with Gasteiger partial charge in [-0.1, -0.05) is 60.5 Å². The first-order valence-corrected chi connectivity index (χ1v) is 10.1. The van der Waals surface area contributed by atoms with Crippen LogP contribution in [0.5, 0.6) is 0 Å². The Balaban J connectivity index is 0.000000250. The van der Waals surface area contributed by atoms with Crippen molar-refractivity contribution >= 4 is 35.0 Å². The molecule has 1 heterocycles. The van der Waals surface area contributed by atoms with Gasteiger partial charge in [-0.3, -0.25) is 0 Å². The molecule has 25 heavy (non-hydrogen) atoms. The molecule has 1 aromatic carbocycles. The predicted molar refractivity (Wildman–Crippen MR) is 108 cm³/mol. The molecule has 0 saturated heterocycles. The number of hydrogen-bond acceptors (Lipinski definition) is 2. The zero-order valence-corrected chi connectivity index (χ0v) is 16.4. The summed E-state index contributed by atoms with van der Waals surface area (Å²) < 4.78 is 2.11. The Morgan fingerprint density at radius 3 is 2.32 bits per heavy atom. The van der Waals surface area contributed by atoms with E-state index in [9.17, 15) is 0 Å². The van der Waals surface area contributed by atoms with Crippen molar-refractivity contribution in [2.24, 2.45) is 5.92 Å². The Morgan fingerprint density at radius 2 is 1.80 bits per heavy atom. The van der Waals surface area contributed by atoms with Crippen molar-refractivity contribution in [2.75, 3.05) is 5.75 Å². The van der Waals surface area contributed by atoms with Gasteiger partial charge in [-0.25, -0.2) is 4.98 Å². The summed E-state index contributed by atoms with van der Waals surface area (Å²) >= 11 is 13.9. The number of rotatable bonds is 6. The third-order valence-corrected chi connectivity index (χ3v) is 5.88. The van der Waals surface area contributed by atoms with E-state index in [4.69, 9.17) is 23.2 Å². The summed E-state index contributed by atoms with van der Waals surface area (Å²) in [7, 11) is 0. The van der Waals surface area contributed by atoms with Gasteiger partial charge in [0.1, 0.15) is 0 Å². The van der Waals surface area contributed by atoms with Gasteiger partial charge in [0.2, 0.25) is 0 Å². The van der Waals surface area contributed by atoms with Crippen molar-refractivity contribution in [1.29, 1.82) is 0 Å². The Labute approximate surface area is 162 Å². The summed E-state index contributed by atoms with van der Waals surface area (Å²) in [6.07, 6.45) is 5.67. The highest BCUT2D eigenvalue weighted by molar-refractivity contribution is 7.98. The second kappa shape index (κ2) is 8.79. The van der Waals surface area contributed by atoms with Gasteiger partial charge >= 0.3 is 0 Å². The molecule has 1 aromatic heterocycles. The van der Waals surface area contributed by atoms with Crippen molar-refractivity contribution in [3.8, 4) is 0 Å². The van der Waals surface area contributed by atoms with Crippen molar-refractivity contribution in [1.82, 2.24) is 9.55 Å². The molecule has 0 amide bonds. The summed E-state index contributed by atoms with van der Waals surface area (Å²) in [5.74, 6) is 2.62. The van der Waals surface area contributed by atoms with Gasteiger partial charge in [-0.15, -0.1) is 0 Å². The highest BCUT2D eigenvalue weighted by atomic mass is 35.5. The molecule has 0 N–H and O–H groups in total. The van der Waals surface area contributed by atoms with Gasteiger partial charge in [-0.2, -0.15) is 11.8 Å². The van der Waals surface area contributed by atoms with E-state index in [1.54, 1.807) is 6.07 Å². The number of thioether (sulfide) groups is 1. The molecule has 1 unspecified atom stereocenters. The van der Waals surface area contributed by atoms with Crippen LogP contribution in [0.3, 0.4) is 0 Å². The van der Waals surface area contributed by atoms with Crippen molar-refractivity contribution in [2.45, 2.75) is 19.2 Å². The van der Waals surface area contributed by atoms with Gasteiger partial charge in [0.15, 0.2) is 0 Å². The van der Waals surface area contributed by atoms with Crippen LogP contribution in [0.2, 0.25) is 10.0 Å². The minimum absolute atomic E-state index is 0.602. The Hall–Kier alpha value is -1.42.